The van der Waals surface area contributed by atoms with Gasteiger partial charge in [-0.05, 0) is 80.5 Å². The average molecular weight is 904 g/mol. The molecular formula is C37H40F3N3O14S3. The lowest BCUT2D eigenvalue weighted by Gasteiger charge is -2.39. The fraction of sp³-hybridized carbons (Fsp3) is 0.405. The van der Waals surface area contributed by atoms with Crippen LogP contribution in [0.3, 0.4) is 0 Å². The smallest absolute Gasteiger partial charge is 0.469 e. The second-order valence-electron chi connectivity index (χ2n) is 14.2. The predicted octanol–water partition coefficient (Wildman–Crippen LogP) is 5.28. The van der Waals surface area contributed by atoms with Crippen LogP contribution in [0.1, 0.15) is 48.9 Å². The Morgan fingerprint density at radius 2 is 1.62 bits per heavy atom. The number of fused-ring (bicyclic) bond motifs is 3. The minimum Gasteiger partial charge on any atom is -0.469 e. The highest BCUT2D eigenvalue weighted by atomic mass is 32.2. The molecule has 2 heterocycles. The van der Waals surface area contributed by atoms with Gasteiger partial charge in [-0.1, -0.05) is 24.6 Å². The van der Waals surface area contributed by atoms with Crippen molar-refractivity contribution in [3.8, 4) is 5.75 Å². The Morgan fingerprint density at radius 1 is 0.983 bits per heavy atom. The highest BCUT2D eigenvalue weighted by Crippen LogP contribution is 2.41. The number of rotatable bonds is 12. The molecule has 17 nitrogen and oxygen atoms in total. The summed E-state index contributed by atoms with van der Waals surface area (Å²) < 4.78 is 143. The van der Waals surface area contributed by atoms with E-state index in [9.17, 15) is 58.1 Å². The van der Waals surface area contributed by atoms with Gasteiger partial charge in [-0.25, -0.2) is 13.2 Å². The summed E-state index contributed by atoms with van der Waals surface area (Å²) in [5.41, 5.74) is -1.51. The zero-order valence-electron chi connectivity index (χ0n) is 32.4. The van der Waals surface area contributed by atoms with Crippen molar-refractivity contribution in [2.24, 2.45) is 5.92 Å². The third-order valence-electron chi connectivity index (χ3n) is 9.94. The second kappa shape index (κ2) is 17.5. The van der Waals surface area contributed by atoms with Crippen molar-refractivity contribution in [1.29, 1.82) is 0 Å². The van der Waals surface area contributed by atoms with Gasteiger partial charge in [0.05, 0.1) is 47.1 Å². The number of carbonyl (C=O) groups is 2. The van der Waals surface area contributed by atoms with Crippen LogP contribution < -0.4 is 4.18 Å². The van der Waals surface area contributed by atoms with Crippen LogP contribution in [0.5, 0.6) is 5.75 Å². The number of H-pyrrole nitrogens is 1. The molecule has 5 rings (SSSR count). The Labute approximate surface area is 343 Å². The maximum absolute atomic E-state index is 14.5. The largest absolute Gasteiger partial charge is 0.490 e. The van der Waals surface area contributed by atoms with E-state index < -0.39 is 120 Å². The molecule has 0 aliphatic carbocycles. The lowest BCUT2D eigenvalue weighted by atomic mass is 9.82. The number of halogens is 3. The van der Waals surface area contributed by atoms with E-state index in [4.69, 9.17) is 17.8 Å². The molecule has 3 atom stereocenters. The van der Waals surface area contributed by atoms with E-state index in [1.165, 1.54) is 49.4 Å². The molecule has 0 radical (unpaired) electrons. The van der Waals surface area contributed by atoms with Gasteiger partial charge in [0.25, 0.3) is 15.8 Å². The van der Waals surface area contributed by atoms with E-state index >= 15 is 0 Å². The summed E-state index contributed by atoms with van der Waals surface area (Å²) in [4.78, 5) is 39.3. The highest BCUT2D eigenvalue weighted by Gasteiger charge is 2.49. The van der Waals surface area contributed by atoms with Gasteiger partial charge in [0.1, 0.15) is 11.4 Å². The average Bonchev–Trinajstić information content (AvgIpc) is 3.51. The zero-order valence-corrected chi connectivity index (χ0v) is 34.9. The second-order valence-corrected chi connectivity index (χ2v) is 19.3. The number of non-ortho nitro benzene ring substituents is 1. The summed E-state index contributed by atoms with van der Waals surface area (Å²) in [6.07, 6.45) is -6.63. The standard InChI is InChI=1S/C37H40F3N3O14S3/c1-5-36(56-35(45)37(38,39)40)20-24(21-55-60(52,53)28-11-6-23(2)7-12-28)18-31(34(44)54-3)33-30(29-15-10-26(19-32(29)41-33)57-58(4,48)49)16-17-42(22-36)59(50,51)27-13-8-25(9-14-27)43(46)47/h6-15,19,24,31,41H,5,16-18,20-22H2,1-4H3/t24-,31?,36+/m1/s1. The molecular weight excluding hydrogens is 864 g/mol. The first-order valence-electron chi connectivity index (χ1n) is 18.0. The van der Waals surface area contributed by atoms with Gasteiger partial charge in [0.15, 0.2) is 0 Å². The molecule has 0 spiro atoms. The predicted molar refractivity (Wildman–Crippen MR) is 206 cm³/mol. The number of carbonyl (C=O) groups excluding carboxylic acids is 2. The Balaban J connectivity index is 1.74. The van der Waals surface area contributed by atoms with Crippen molar-refractivity contribution in [3.63, 3.8) is 0 Å². The van der Waals surface area contributed by atoms with Gasteiger partial charge >= 0.3 is 28.2 Å². The van der Waals surface area contributed by atoms with Crippen molar-refractivity contribution in [3.05, 3.63) is 93.7 Å². The maximum Gasteiger partial charge on any atom is 0.490 e. The summed E-state index contributed by atoms with van der Waals surface area (Å²) in [6.45, 7) is 0.723. The van der Waals surface area contributed by atoms with E-state index in [0.717, 1.165) is 47.5 Å². The number of nitrogens with one attached hydrogen (secondary N) is 1. The fourth-order valence-electron chi connectivity index (χ4n) is 7.00. The normalized spacial score (nSPS) is 19.8. The minimum atomic E-state index is -5.57. The number of methoxy groups -OCH3 is 1. The number of aryl methyl sites for hydroxylation is 1. The summed E-state index contributed by atoms with van der Waals surface area (Å²) >= 11 is 0. The number of aromatic amines is 1. The molecule has 23 heteroatoms. The SMILES string of the molecule is CC[C@]1(OC(=O)C(F)(F)F)C[C@H](COS(=O)(=O)c2ccc(C)cc2)CC(C(=O)OC)c2[nH]c3cc(OS(C)(=O)=O)ccc3c2CCN(S(=O)(=O)c2ccc([N+](=O)[O-])cc2)C1. The Hall–Kier alpha value is -5.10. The maximum atomic E-state index is 14.5. The van der Waals surface area contributed by atoms with E-state index in [0.29, 0.717) is 5.39 Å². The molecule has 1 aliphatic rings. The Morgan fingerprint density at radius 3 is 2.18 bits per heavy atom. The fourth-order valence-corrected chi connectivity index (χ4v) is 9.95. The molecule has 3 aromatic carbocycles. The highest BCUT2D eigenvalue weighted by molar-refractivity contribution is 7.89. The van der Waals surface area contributed by atoms with Crippen molar-refractivity contribution in [2.75, 3.05) is 33.1 Å². The van der Waals surface area contributed by atoms with Gasteiger partial charge in [-0.15, -0.1) is 0 Å². The molecule has 60 heavy (non-hydrogen) atoms. The van der Waals surface area contributed by atoms with Crippen LogP contribution in [-0.2, 0) is 59.9 Å². The van der Waals surface area contributed by atoms with Crippen LogP contribution in [0, 0.1) is 23.0 Å². The van der Waals surface area contributed by atoms with E-state index in [2.05, 4.69) is 4.98 Å². The number of aromatic nitrogens is 1. The van der Waals surface area contributed by atoms with Crippen molar-refractivity contribution in [2.45, 2.75) is 67.0 Å². The monoisotopic (exact) mass is 903 g/mol. The van der Waals surface area contributed by atoms with Crippen molar-refractivity contribution in [1.82, 2.24) is 9.29 Å². The summed E-state index contributed by atoms with van der Waals surface area (Å²) in [5.74, 6) is -6.40. The first-order valence-corrected chi connectivity index (χ1v) is 22.7. The van der Waals surface area contributed by atoms with Gasteiger partial charge in [-0.2, -0.15) is 34.3 Å². The number of alkyl halides is 3. The number of nitrogens with zero attached hydrogens (tertiary/aromatic N) is 2. The van der Waals surface area contributed by atoms with Crippen LogP contribution in [-0.4, -0.2) is 96.2 Å². The molecule has 4 aromatic rings. The van der Waals surface area contributed by atoms with E-state index in [1.807, 2.05) is 0 Å². The van der Waals surface area contributed by atoms with Gasteiger partial charge in [0.2, 0.25) is 10.0 Å². The van der Waals surface area contributed by atoms with Crippen molar-refractivity contribution < 1.29 is 70.8 Å². The number of esters is 2. The number of sulfonamides is 1. The third-order valence-corrected chi connectivity index (χ3v) is 13.6. The number of nitro groups is 1. The van der Waals surface area contributed by atoms with Gasteiger partial charge in [0, 0.05) is 41.3 Å². The number of ether oxygens (including phenoxy) is 2. The minimum absolute atomic E-state index is 0.101. The molecule has 1 aliphatic heterocycles. The van der Waals surface area contributed by atoms with Crippen LogP contribution in [0.2, 0.25) is 0 Å². The van der Waals surface area contributed by atoms with Crippen LogP contribution in [0.15, 0.2) is 76.5 Å². The first-order chi connectivity index (χ1) is 27.9. The van der Waals surface area contributed by atoms with E-state index in [1.54, 1.807) is 6.92 Å². The lowest BCUT2D eigenvalue weighted by Crippen LogP contribution is -2.51. The molecule has 0 saturated heterocycles. The number of hydrogen-bond acceptors (Lipinski definition) is 14. The Kier molecular flexibility index (Phi) is 13.4. The van der Waals surface area contributed by atoms with Crippen LogP contribution in [0.4, 0.5) is 18.9 Å². The Bertz CT molecular complexity index is 2600. The van der Waals surface area contributed by atoms with Crippen LogP contribution >= 0.6 is 0 Å². The number of benzene rings is 3. The molecule has 1 N–H and O–H groups in total. The number of nitro benzene ring substituents is 1. The molecule has 0 fully saturated rings. The topological polar surface area (TPSA) is 236 Å². The zero-order chi connectivity index (χ0) is 44.4. The summed E-state index contributed by atoms with van der Waals surface area (Å²) in [7, 11) is -12.3. The molecule has 1 unspecified atom stereocenters. The van der Waals surface area contributed by atoms with Gasteiger partial charge in [-0.3, -0.25) is 19.1 Å². The van der Waals surface area contributed by atoms with Crippen molar-refractivity contribution >= 4 is 58.8 Å². The van der Waals surface area contributed by atoms with Crippen LogP contribution in [0.25, 0.3) is 10.9 Å². The quantitative estimate of drug-likeness (QED) is 0.0824. The number of hydrogen-bond donors (Lipinski definition) is 1. The molecule has 0 bridgehead atoms. The summed E-state index contributed by atoms with van der Waals surface area (Å²) in [6, 6.07) is 13.2. The summed E-state index contributed by atoms with van der Waals surface area (Å²) in [5, 5.41) is 11.7. The lowest BCUT2D eigenvalue weighted by molar-refractivity contribution is -0.384. The van der Waals surface area contributed by atoms with Gasteiger partial charge < -0.3 is 18.6 Å². The first kappa shape index (κ1) is 46.0. The molecule has 1 aromatic heterocycles. The third kappa shape index (κ3) is 10.6. The van der Waals surface area contributed by atoms with E-state index in [-0.39, 0.29) is 33.8 Å². The molecule has 0 saturated carbocycles. The molecule has 0 amide bonds. The molecule has 326 valence electrons.